The molecule has 0 unspecified atom stereocenters. The van der Waals surface area contributed by atoms with Gasteiger partial charge in [0.15, 0.2) is 6.04 Å². The second kappa shape index (κ2) is 5.66. The average Bonchev–Trinajstić information content (AvgIpc) is 2.45. The molecule has 0 aliphatic carbocycles. The predicted molar refractivity (Wildman–Crippen MR) is 66.5 cm³/mol. The number of hydrogen-bond acceptors (Lipinski definition) is 3. The summed E-state index contributed by atoms with van der Waals surface area (Å²) < 4.78 is 37.8. The minimum atomic E-state index is -5.26. The Balaban J connectivity index is 2.44. The van der Waals surface area contributed by atoms with E-state index in [9.17, 15) is 32.7 Å². The van der Waals surface area contributed by atoms with Gasteiger partial charge in [-0.2, -0.15) is 13.2 Å². The van der Waals surface area contributed by atoms with Gasteiger partial charge in [-0.1, -0.05) is 30.3 Å². The van der Waals surface area contributed by atoms with Crippen molar-refractivity contribution in [1.29, 1.82) is 0 Å². The summed E-state index contributed by atoms with van der Waals surface area (Å²) >= 11 is 0. The average molecular weight is 316 g/mol. The van der Waals surface area contributed by atoms with E-state index in [1.54, 1.807) is 18.2 Å². The van der Waals surface area contributed by atoms with Crippen molar-refractivity contribution in [2.75, 3.05) is 6.54 Å². The molecule has 0 radical (unpaired) electrons. The first-order chi connectivity index (χ1) is 10.2. The van der Waals surface area contributed by atoms with Crippen LogP contribution in [0.25, 0.3) is 0 Å². The van der Waals surface area contributed by atoms with Crippen LogP contribution in [0.5, 0.6) is 0 Å². The maximum Gasteiger partial charge on any atom is 0.471 e. The summed E-state index contributed by atoms with van der Waals surface area (Å²) in [5, 5.41) is 11.5. The van der Waals surface area contributed by atoms with Crippen LogP contribution < -0.4 is 5.32 Å². The lowest BCUT2D eigenvalue weighted by Crippen LogP contribution is -2.62. The molecule has 1 saturated heterocycles. The highest BCUT2D eigenvalue weighted by molar-refractivity contribution is 5.94. The maximum absolute atomic E-state index is 12.6. The van der Waals surface area contributed by atoms with Gasteiger partial charge in [0.25, 0.3) is 0 Å². The molecule has 2 amide bonds. The van der Waals surface area contributed by atoms with E-state index in [0.29, 0.717) is 5.56 Å². The lowest BCUT2D eigenvalue weighted by molar-refractivity contribution is -0.192. The molecule has 2 N–H and O–H groups in total. The van der Waals surface area contributed by atoms with Crippen molar-refractivity contribution in [3.8, 4) is 0 Å². The normalized spacial score (nSPS) is 22.1. The van der Waals surface area contributed by atoms with E-state index in [1.165, 1.54) is 12.1 Å². The maximum atomic E-state index is 12.6. The standard InChI is InChI=1S/C13H11F3N2O4/c14-13(15,16)12(22)18-6-8(19)17-9(10(18)11(20)21)7-4-2-1-3-5-7/h1-5,9-10H,6H2,(H,17,19)(H,20,21)/t9-,10+/m1/s1. The number of halogens is 3. The largest absolute Gasteiger partial charge is 0.480 e. The van der Waals surface area contributed by atoms with Gasteiger partial charge < -0.3 is 15.3 Å². The molecule has 1 fully saturated rings. The number of carbonyl (C=O) groups excluding carboxylic acids is 2. The molecule has 0 bridgehead atoms. The number of carbonyl (C=O) groups is 3. The zero-order valence-corrected chi connectivity index (χ0v) is 11.0. The molecule has 1 heterocycles. The Bertz CT molecular complexity index is 603. The number of hydrogen-bond donors (Lipinski definition) is 2. The van der Waals surface area contributed by atoms with Crippen molar-refractivity contribution in [1.82, 2.24) is 10.2 Å². The minimum absolute atomic E-state index is 0.0405. The molecule has 118 valence electrons. The molecule has 2 rings (SSSR count). The molecular formula is C13H11F3N2O4. The van der Waals surface area contributed by atoms with E-state index in [0.717, 1.165) is 0 Å². The highest BCUT2D eigenvalue weighted by Crippen LogP contribution is 2.28. The van der Waals surface area contributed by atoms with Crippen LogP contribution in [0.3, 0.4) is 0 Å². The molecule has 9 heteroatoms. The van der Waals surface area contributed by atoms with Crippen LogP contribution in [0.15, 0.2) is 30.3 Å². The fraction of sp³-hybridized carbons (Fsp3) is 0.308. The van der Waals surface area contributed by atoms with Crippen molar-refractivity contribution in [3.63, 3.8) is 0 Å². The second-order valence-electron chi connectivity index (χ2n) is 4.67. The SMILES string of the molecule is O=C1CN(C(=O)C(F)(F)F)[C@H](C(=O)O)[C@@H](c2ccccc2)N1. The summed E-state index contributed by atoms with van der Waals surface area (Å²) in [6.45, 7) is -0.960. The number of alkyl halides is 3. The van der Waals surface area contributed by atoms with Crippen molar-refractivity contribution >= 4 is 17.8 Å². The summed E-state index contributed by atoms with van der Waals surface area (Å²) in [7, 11) is 0. The van der Waals surface area contributed by atoms with E-state index in [2.05, 4.69) is 5.32 Å². The smallest absolute Gasteiger partial charge is 0.471 e. The number of rotatable bonds is 2. The van der Waals surface area contributed by atoms with Crippen LogP contribution in [0, 0.1) is 0 Å². The molecule has 6 nitrogen and oxygen atoms in total. The molecule has 1 aliphatic heterocycles. The monoisotopic (exact) mass is 316 g/mol. The van der Waals surface area contributed by atoms with E-state index in [1.807, 2.05) is 0 Å². The highest BCUT2D eigenvalue weighted by atomic mass is 19.4. The Morgan fingerprint density at radius 2 is 1.82 bits per heavy atom. The van der Waals surface area contributed by atoms with Gasteiger partial charge in [0.1, 0.15) is 6.54 Å². The summed E-state index contributed by atoms with van der Waals surface area (Å²) in [5.41, 5.74) is 0.294. The number of amides is 2. The number of benzene rings is 1. The van der Waals surface area contributed by atoms with Gasteiger partial charge in [0.05, 0.1) is 6.04 Å². The van der Waals surface area contributed by atoms with Gasteiger partial charge in [-0.05, 0) is 5.56 Å². The molecule has 1 aromatic carbocycles. The van der Waals surface area contributed by atoms with Crippen LogP contribution in [-0.2, 0) is 14.4 Å². The Hall–Kier alpha value is -2.58. The fourth-order valence-corrected chi connectivity index (χ4v) is 2.29. The molecule has 22 heavy (non-hydrogen) atoms. The van der Waals surface area contributed by atoms with Crippen LogP contribution >= 0.6 is 0 Å². The quantitative estimate of drug-likeness (QED) is 0.841. The van der Waals surface area contributed by atoms with Crippen molar-refractivity contribution in [2.45, 2.75) is 18.3 Å². The lowest BCUT2D eigenvalue weighted by Gasteiger charge is -2.39. The summed E-state index contributed by atoms with van der Waals surface area (Å²) in [6.07, 6.45) is -5.26. The molecule has 1 aliphatic rings. The summed E-state index contributed by atoms with van der Waals surface area (Å²) in [4.78, 5) is 34.4. The van der Waals surface area contributed by atoms with E-state index < -0.39 is 42.6 Å². The van der Waals surface area contributed by atoms with Gasteiger partial charge in [0.2, 0.25) is 5.91 Å². The topological polar surface area (TPSA) is 86.7 Å². The van der Waals surface area contributed by atoms with E-state index >= 15 is 0 Å². The van der Waals surface area contributed by atoms with Gasteiger partial charge in [0, 0.05) is 0 Å². The Labute approximate surface area is 122 Å². The highest BCUT2D eigenvalue weighted by Gasteiger charge is 2.51. The number of nitrogens with zero attached hydrogens (tertiary/aromatic N) is 1. The number of carboxylic acids is 1. The van der Waals surface area contributed by atoms with Gasteiger partial charge >= 0.3 is 18.1 Å². The zero-order chi connectivity index (χ0) is 16.5. The van der Waals surface area contributed by atoms with Crippen LogP contribution in [-0.4, -0.2) is 46.6 Å². The van der Waals surface area contributed by atoms with Crippen molar-refractivity contribution in [2.24, 2.45) is 0 Å². The summed E-state index contributed by atoms with van der Waals surface area (Å²) in [6, 6.07) is 4.55. The minimum Gasteiger partial charge on any atom is -0.480 e. The Morgan fingerprint density at radius 1 is 1.23 bits per heavy atom. The number of carboxylic acid groups (broad SMARTS) is 1. The third-order valence-corrected chi connectivity index (χ3v) is 3.20. The Kier molecular flexibility index (Phi) is 4.07. The number of nitrogens with one attached hydrogen (secondary N) is 1. The van der Waals surface area contributed by atoms with E-state index in [-0.39, 0.29) is 4.90 Å². The molecule has 1 aromatic rings. The van der Waals surface area contributed by atoms with Gasteiger partial charge in [-0.3, -0.25) is 9.59 Å². The molecular weight excluding hydrogens is 305 g/mol. The van der Waals surface area contributed by atoms with Gasteiger partial charge in [-0.25, -0.2) is 4.79 Å². The first kappa shape index (κ1) is 15.8. The molecule has 0 aromatic heterocycles. The van der Waals surface area contributed by atoms with Crippen LogP contribution in [0.1, 0.15) is 11.6 Å². The van der Waals surface area contributed by atoms with Crippen LogP contribution in [0.4, 0.5) is 13.2 Å². The van der Waals surface area contributed by atoms with Crippen molar-refractivity contribution in [3.05, 3.63) is 35.9 Å². The first-order valence-electron chi connectivity index (χ1n) is 6.16. The Morgan fingerprint density at radius 3 is 2.32 bits per heavy atom. The third-order valence-electron chi connectivity index (χ3n) is 3.20. The predicted octanol–water partition coefficient (Wildman–Crippen LogP) is 0.702. The van der Waals surface area contributed by atoms with Crippen molar-refractivity contribution < 1.29 is 32.7 Å². The molecule has 2 atom stereocenters. The van der Waals surface area contributed by atoms with E-state index in [4.69, 9.17) is 0 Å². The third kappa shape index (κ3) is 3.02. The number of aliphatic carboxylic acids is 1. The molecule has 0 spiro atoms. The summed E-state index contributed by atoms with van der Waals surface area (Å²) in [5.74, 6) is -4.84. The first-order valence-corrected chi connectivity index (χ1v) is 6.16. The molecule has 0 saturated carbocycles. The van der Waals surface area contributed by atoms with Crippen LogP contribution in [0.2, 0.25) is 0 Å². The fourth-order valence-electron chi connectivity index (χ4n) is 2.29. The zero-order valence-electron chi connectivity index (χ0n) is 11.0. The lowest BCUT2D eigenvalue weighted by atomic mass is 9.95. The second-order valence-corrected chi connectivity index (χ2v) is 4.67. The van der Waals surface area contributed by atoms with Gasteiger partial charge in [-0.15, -0.1) is 0 Å². The number of piperazine rings is 1.